The highest BCUT2D eigenvalue weighted by Gasteiger charge is 2.26. The van der Waals surface area contributed by atoms with E-state index < -0.39 is 0 Å². The average molecular weight is 309 g/mol. The Kier molecular flexibility index (Phi) is 5.06. The van der Waals surface area contributed by atoms with Gasteiger partial charge in [0, 0.05) is 35.7 Å². The van der Waals surface area contributed by atoms with Crippen molar-refractivity contribution >= 4 is 11.5 Å². The second-order valence-corrected chi connectivity index (χ2v) is 6.31. The van der Waals surface area contributed by atoms with E-state index in [9.17, 15) is 4.79 Å². The molecule has 1 aliphatic heterocycles. The number of hydrogen-bond acceptors (Lipinski definition) is 2. The van der Waals surface area contributed by atoms with Crippen LogP contribution >= 0.6 is 0 Å². The van der Waals surface area contributed by atoms with E-state index in [1.54, 1.807) is 0 Å². The number of Topliss-reactive ketones (excluding diaryl/α,β-unsaturated/α-hetero) is 1. The van der Waals surface area contributed by atoms with Gasteiger partial charge in [-0.3, -0.25) is 4.79 Å². The van der Waals surface area contributed by atoms with Gasteiger partial charge in [0.1, 0.15) is 6.54 Å². The third kappa shape index (κ3) is 3.79. The second-order valence-electron chi connectivity index (χ2n) is 6.31. The summed E-state index contributed by atoms with van der Waals surface area (Å²) in [6.07, 6.45) is 9.88. The van der Waals surface area contributed by atoms with Gasteiger partial charge < -0.3 is 5.32 Å². The normalized spacial score (nSPS) is 16.7. The standard InChI is InChI=1S/C20H24N2O/c1-2-3-4-7-12-22-13-8-9-16(15-22)19-14-20(23)17-10-5-6-11-18(17)21-19/h5-6,8-11,13,15,19H,2-4,7,12,14H2,1H3/p+1. The Morgan fingerprint density at radius 1 is 1.13 bits per heavy atom. The Hall–Kier alpha value is -2.16. The fourth-order valence-electron chi connectivity index (χ4n) is 3.20. The number of hydrogen-bond donors (Lipinski definition) is 1. The maximum Gasteiger partial charge on any atom is 0.174 e. The zero-order chi connectivity index (χ0) is 16.1. The zero-order valence-electron chi connectivity index (χ0n) is 13.8. The largest absolute Gasteiger partial charge is 0.377 e. The van der Waals surface area contributed by atoms with Crippen LogP contribution in [-0.2, 0) is 6.54 Å². The van der Waals surface area contributed by atoms with Crippen LogP contribution in [0, 0.1) is 0 Å². The molecule has 2 heterocycles. The SMILES string of the molecule is CCCCCC[n+]1cccc(C2CC(=O)c3ccccc3N2)c1. The molecular weight excluding hydrogens is 284 g/mol. The van der Waals surface area contributed by atoms with Gasteiger partial charge in [0.2, 0.25) is 0 Å². The van der Waals surface area contributed by atoms with Crippen molar-refractivity contribution in [2.45, 2.75) is 51.6 Å². The molecule has 1 aliphatic rings. The molecule has 0 amide bonds. The van der Waals surface area contributed by atoms with Crippen molar-refractivity contribution in [2.24, 2.45) is 0 Å². The van der Waals surface area contributed by atoms with Crippen molar-refractivity contribution < 1.29 is 9.36 Å². The molecule has 23 heavy (non-hydrogen) atoms. The van der Waals surface area contributed by atoms with Crippen molar-refractivity contribution in [3.05, 3.63) is 59.9 Å². The smallest absolute Gasteiger partial charge is 0.174 e. The molecule has 0 aliphatic carbocycles. The number of rotatable bonds is 6. The van der Waals surface area contributed by atoms with Crippen LogP contribution in [0.5, 0.6) is 0 Å². The van der Waals surface area contributed by atoms with E-state index in [-0.39, 0.29) is 11.8 Å². The number of nitrogens with one attached hydrogen (secondary N) is 1. The molecule has 1 aromatic carbocycles. The number of fused-ring (bicyclic) bond motifs is 1. The zero-order valence-corrected chi connectivity index (χ0v) is 13.8. The summed E-state index contributed by atoms with van der Waals surface area (Å²) >= 11 is 0. The first-order valence-corrected chi connectivity index (χ1v) is 8.65. The maximum absolute atomic E-state index is 12.4. The number of anilines is 1. The molecule has 0 saturated carbocycles. The lowest BCUT2D eigenvalue weighted by atomic mass is 9.93. The number of para-hydroxylation sites is 1. The number of ketones is 1. The minimum atomic E-state index is 0.0699. The lowest BCUT2D eigenvalue weighted by Gasteiger charge is -2.25. The van der Waals surface area contributed by atoms with Crippen molar-refractivity contribution in [1.29, 1.82) is 0 Å². The first-order chi connectivity index (χ1) is 11.3. The van der Waals surface area contributed by atoms with Crippen molar-refractivity contribution in [3.8, 4) is 0 Å². The molecular formula is C20H25N2O+. The number of nitrogens with zero attached hydrogens (tertiary/aromatic N) is 1. The number of carbonyl (C=O) groups excluding carboxylic acids is 1. The highest BCUT2D eigenvalue weighted by atomic mass is 16.1. The van der Waals surface area contributed by atoms with Gasteiger partial charge in [0.25, 0.3) is 0 Å². The van der Waals surface area contributed by atoms with Gasteiger partial charge in [-0.25, -0.2) is 4.57 Å². The molecule has 3 nitrogen and oxygen atoms in total. The van der Waals surface area contributed by atoms with Crippen LogP contribution in [0.3, 0.4) is 0 Å². The van der Waals surface area contributed by atoms with Gasteiger partial charge in [-0.15, -0.1) is 0 Å². The molecule has 2 aromatic rings. The summed E-state index contributed by atoms with van der Waals surface area (Å²) in [6, 6.07) is 12.1. The van der Waals surface area contributed by atoms with Crippen LogP contribution in [0.1, 0.15) is 61.0 Å². The summed E-state index contributed by atoms with van der Waals surface area (Å²) in [5, 5.41) is 3.51. The Balaban J connectivity index is 1.71. The van der Waals surface area contributed by atoms with E-state index in [4.69, 9.17) is 0 Å². The maximum atomic E-state index is 12.4. The fraction of sp³-hybridized carbons (Fsp3) is 0.400. The predicted molar refractivity (Wildman–Crippen MR) is 92.5 cm³/mol. The van der Waals surface area contributed by atoms with Crippen LogP contribution in [0.15, 0.2) is 48.8 Å². The van der Waals surface area contributed by atoms with E-state index in [0.29, 0.717) is 6.42 Å². The first-order valence-electron chi connectivity index (χ1n) is 8.65. The number of aromatic nitrogens is 1. The molecule has 1 atom stereocenters. The quantitative estimate of drug-likeness (QED) is 0.637. The Bertz CT molecular complexity index is 681. The first kappa shape index (κ1) is 15.7. The van der Waals surface area contributed by atoms with Gasteiger partial charge >= 0.3 is 0 Å². The summed E-state index contributed by atoms with van der Waals surface area (Å²) < 4.78 is 2.25. The topological polar surface area (TPSA) is 33.0 Å². The van der Waals surface area contributed by atoms with E-state index in [1.165, 1.54) is 31.2 Å². The van der Waals surface area contributed by atoms with E-state index in [0.717, 1.165) is 17.8 Å². The molecule has 0 saturated heterocycles. The molecule has 1 N–H and O–H groups in total. The third-order valence-corrected chi connectivity index (χ3v) is 4.50. The average Bonchev–Trinajstić information content (AvgIpc) is 2.59. The molecule has 0 spiro atoms. The van der Waals surface area contributed by atoms with Gasteiger partial charge in [-0.05, 0) is 24.6 Å². The summed E-state index contributed by atoms with van der Waals surface area (Å²) in [6.45, 7) is 3.28. The lowest BCUT2D eigenvalue weighted by molar-refractivity contribution is -0.697. The second kappa shape index (κ2) is 7.40. The number of carbonyl (C=O) groups is 1. The fourth-order valence-corrected chi connectivity index (χ4v) is 3.20. The van der Waals surface area contributed by atoms with Crippen LogP contribution in [-0.4, -0.2) is 5.78 Å². The molecule has 1 aromatic heterocycles. The van der Waals surface area contributed by atoms with Crippen LogP contribution < -0.4 is 9.88 Å². The van der Waals surface area contributed by atoms with Crippen molar-refractivity contribution in [3.63, 3.8) is 0 Å². The van der Waals surface area contributed by atoms with Gasteiger partial charge in [0.05, 0.1) is 6.04 Å². The van der Waals surface area contributed by atoms with E-state index in [2.05, 4.69) is 41.3 Å². The van der Waals surface area contributed by atoms with Crippen LogP contribution in [0.2, 0.25) is 0 Å². The molecule has 0 bridgehead atoms. The Morgan fingerprint density at radius 3 is 2.87 bits per heavy atom. The Labute approximate surface area is 138 Å². The summed E-state index contributed by atoms with van der Waals surface area (Å²) in [7, 11) is 0. The monoisotopic (exact) mass is 309 g/mol. The van der Waals surface area contributed by atoms with Gasteiger partial charge in [-0.2, -0.15) is 0 Å². The number of pyridine rings is 1. The number of benzene rings is 1. The molecule has 3 heteroatoms. The highest BCUT2D eigenvalue weighted by Crippen LogP contribution is 2.31. The summed E-state index contributed by atoms with van der Waals surface area (Å²) in [5.74, 6) is 0.225. The lowest BCUT2D eigenvalue weighted by Crippen LogP contribution is -2.34. The predicted octanol–water partition coefficient (Wildman–Crippen LogP) is 4.29. The molecule has 0 fully saturated rings. The Morgan fingerprint density at radius 2 is 2.00 bits per heavy atom. The summed E-state index contributed by atoms with van der Waals surface area (Å²) in [4.78, 5) is 12.4. The molecule has 120 valence electrons. The minimum Gasteiger partial charge on any atom is -0.377 e. The molecule has 0 radical (unpaired) electrons. The summed E-state index contributed by atoms with van der Waals surface area (Å²) in [5.41, 5.74) is 2.95. The molecule has 3 rings (SSSR count). The number of unbranched alkanes of at least 4 members (excludes halogenated alkanes) is 3. The minimum absolute atomic E-state index is 0.0699. The van der Waals surface area contributed by atoms with Crippen LogP contribution in [0.4, 0.5) is 5.69 Å². The van der Waals surface area contributed by atoms with E-state index >= 15 is 0 Å². The number of aryl methyl sites for hydroxylation is 1. The third-order valence-electron chi connectivity index (χ3n) is 4.50. The van der Waals surface area contributed by atoms with Gasteiger partial charge in [0.15, 0.2) is 18.2 Å². The molecule has 1 unspecified atom stereocenters. The van der Waals surface area contributed by atoms with Crippen molar-refractivity contribution in [1.82, 2.24) is 0 Å². The van der Waals surface area contributed by atoms with Crippen LogP contribution in [0.25, 0.3) is 0 Å². The highest BCUT2D eigenvalue weighted by molar-refractivity contribution is 6.03. The van der Waals surface area contributed by atoms with E-state index in [1.807, 2.05) is 24.3 Å². The van der Waals surface area contributed by atoms with Crippen molar-refractivity contribution in [2.75, 3.05) is 5.32 Å². The van der Waals surface area contributed by atoms with Gasteiger partial charge in [-0.1, -0.05) is 31.9 Å².